The van der Waals surface area contributed by atoms with Crippen LogP contribution in [0.3, 0.4) is 0 Å². The zero-order chi connectivity index (χ0) is 18.5. The first kappa shape index (κ1) is 16.1. The second-order valence-corrected chi connectivity index (χ2v) is 6.93. The smallest absolute Gasteiger partial charge is 0.336 e. The molecule has 0 spiro atoms. The van der Waals surface area contributed by atoms with Gasteiger partial charge in [-0.2, -0.15) is 10.5 Å². The predicted molar refractivity (Wildman–Crippen MR) is 97.5 cm³/mol. The molecule has 0 aliphatic heterocycles. The van der Waals surface area contributed by atoms with E-state index in [9.17, 15) is 15.3 Å². The largest absolute Gasteiger partial charge is 0.423 e. The van der Waals surface area contributed by atoms with Gasteiger partial charge in [-0.15, -0.1) is 0 Å². The molecule has 0 bridgehead atoms. The first-order valence-corrected chi connectivity index (χ1v) is 8.44. The van der Waals surface area contributed by atoms with Crippen LogP contribution in [0.1, 0.15) is 34.1 Å². The fourth-order valence-electron chi connectivity index (χ4n) is 4.19. The van der Waals surface area contributed by atoms with Crippen LogP contribution in [0.2, 0.25) is 0 Å². The lowest BCUT2D eigenvalue weighted by Gasteiger charge is -2.09. The summed E-state index contributed by atoms with van der Waals surface area (Å²) in [5, 5.41) is 20.4. The van der Waals surface area contributed by atoms with E-state index in [4.69, 9.17) is 4.42 Å². The average molecular weight is 340 g/mol. The molecule has 4 heteroatoms. The van der Waals surface area contributed by atoms with E-state index in [0.29, 0.717) is 5.58 Å². The van der Waals surface area contributed by atoms with E-state index in [1.807, 2.05) is 56.3 Å². The van der Waals surface area contributed by atoms with E-state index in [0.717, 1.165) is 27.6 Å². The summed E-state index contributed by atoms with van der Waals surface area (Å²) in [4.78, 5) is 12.2. The average Bonchev–Trinajstić information content (AvgIpc) is 3.30. The molecule has 1 aliphatic carbocycles. The lowest BCUT2D eigenvalue weighted by atomic mass is 9.96. The van der Waals surface area contributed by atoms with Gasteiger partial charge in [0, 0.05) is 23.3 Å². The summed E-state index contributed by atoms with van der Waals surface area (Å²) < 4.78 is 5.40. The first-order chi connectivity index (χ1) is 12.5. The van der Waals surface area contributed by atoms with Gasteiger partial charge in [0.2, 0.25) is 0 Å². The number of rotatable bonds is 2. The van der Waals surface area contributed by atoms with Crippen LogP contribution in [0.5, 0.6) is 0 Å². The molecule has 1 heterocycles. The van der Waals surface area contributed by atoms with Crippen LogP contribution in [0.25, 0.3) is 11.0 Å². The number of hydrogen-bond acceptors (Lipinski definition) is 4. The Balaban J connectivity index is 2.00. The van der Waals surface area contributed by atoms with Crippen molar-refractivity contribution in [3.63, 3.8) is 0 Å². The number of benzene rings is 2. The standard InChI is InChI=1S/C22H16N2O2/c1-13-8-14(2)19-16(10-18(25)26-17(19)9-13)21-20(22(21,11-23)12-24)15-6-4-3-5-7-15/h3-10,20-21H,1-2H3. The third kappa shape index (κ3) is 2.16. The molecular formula is C22H16N2O2. The molecular weight excluding hydrogens is 324 g/mol. The molecule has 1 saturated carbocycles. The van der Waals surface area contributed by atoms with Gasteiger partial charge in [-0.05, 0) is 42.2 Å². The Morgan fingerprint density at radius 3 is 2.35 bits per heavy atom. The van der Waals surface area contributed by atoms with Crippen molar-refractivity contribution in [1.29, 1.82) is 10.5 Å². The number of nitrogens with zero attached hydrogens (tertiary/aromatic N) is 2. The Labute approximate surface area is 150 Å². The van der Waals surface area contributed by atoms with Crippen LogP contribution in [-0.2, 0) is 0 Å². The quantitative estimate of drug-likeness (QED) is 0.651. The Morgan fingerprint density at radius 1 is 1.00 bits per heavy atom. The van der Waals surface area contributed by atoms with Gasteiger partial charge in [-0.25, -0.2) is 4.79 Å². The summed E-state index contributed by atoms with van der Waals surface area (Å²) in [7, 11) is 0. The molecule has 1 fully saturated rings. The zero-order valence-electron chi connectivity index (χ0n) is 14.5. The minimum Gasteiger partial charge on any atom is -0.423 e. The first-order valence-electron chi connectivity index (χ1n) is 8.44. The van der Waals surface area contributed by atoms with Gasteiger partial charge >= 0.3 is 5.63 Å². The number of hydrogen-bond donors (Lipinski definition) is 0. The van der Waals surface area contributed by atoms with Crippen LogP contribution in [-0.4, -0.2) is 0 Å². The summed E-state index contributed by atoms with van der Waals surface area (Å²) in [5.74, 6) is -0.614. The monoisotopic (exact) mass is 340 g/mol. The van der Waals surface area contributed by atoms with Gasteiger partial charge in [0.05, 0.1) is 12.1 Å². The van der Waals surface area contributed by atoms with Crippen molar-refractivity contribution in [3.8, 4) is 12.1 Å². The number of nitriles is 2. The van der Waals surface area contributed by atoms with Gasteiger partial charge in [0.15, 0.2) is 5.41 Å². The predicted octanol–water partition coefficient (Wildman–Crippen LogP) is 4.32. The minimum absolute atomic E-state index is 0.260. The van der Waals surface area contributed by atoms with Crippen molar-refractivity contribution in [1.82, 2.24) is 0 Å². The van der Waals surface area contributed by atoms with Gasteiger partial charge in [0.1, 0.15) is 5.58 Å². The Hall–Kier alpha value is -3.37. The van der Waals surface area contributed by atoms with Gasteiger partial charge in [-0.1, -0.05) is 36.4 Å². The topological polar surface area (TPSA) is 77.8 Å². The number of aryl methyl sites for hydroxylation is 2. The highest BCUT2D eigenvalue weighted by molar-refractivity contribution is 5.86. The van der Waals surface area contributed by atoms with Gasteiger partial charge in [-0.3, -0.25) is 0 Å². The van der Waals surface area contributed by atoms with E-state index in [-0.39, 0.29) is 11.8 Å². The van der Waals surface area contributed by atoms with Crippen LogP contribution in [0.15, 0.2) is 57.7 Å². The molecule has 0 amide bonds. The highest BCUT2D eigenvalue weighted by Gasteiger charge is 2.68. The summed E-state index contributed by atoms with van der Waals surface area (Å²) in [6, 6.07) is 19.3. The number of fused-ring (bicyclic) bond motifs is 1. The van der Waals surface area contributed by atoms with Crippen LogP contribution >= 0.6 is 0 Å². The van der Waals surface area contributed by atoms with E-state index in [2.05, 4.69) is 12.1 Å². The van der Waals surface area contributed by atoms with Crippen LogP contribution in [0, 0.1) is 41.9 Å². The second-order valence-electron chi connectivity index (χ2n) is 6.93. The van der Waals surface area contributed by atoms with Crippen molar-refractivity contribution in [2.45, 2.75) is 25.7 Å². The molecule has 0 radical (unpaired) electrons. The molecule has 1 aliphatic rings. The van der Waals surface area contributed by atoms with Crippen molar-refractivity contribution in [2.24, 2.45) is 5.41 Å². The highest BCUT2D eigenvalue weighted by atomic mass is 16.4. The third-order valence-electron chi connectivity index (χ3n) is 5.29. The van der Waals surface area contributed by atoms with E-state index in [1.165, 1.54) is 6.07 Å². The van der Waals surface area contributed by atoms with Crippen molar-refractivity contribution in [3.05, 3.63) is 81.2 Å². The third-order valence-corrected chi connectivity index (χ3v) is 5.29. The maximum atomic E-state index is 12.2. The molecule has 26 heavy (non-hydrogen) atoms. The minimum atomic E-state index is -1.17. The maximum Gasteiger partial charge on any atom is 0.336 e. The molecule has 2 atom stereocenters. The molecule has 4 rings (SSSR count). The maximum absolute atomic E-state index is 12.2. The molecule has 2 unspecified atom stereocenters. The summed E-state index contributed by atoms with van der Waals surface area (Å²) in [6.07, 6.45) is 0. The molecule has 1 aromatic heterocycles. The van der Waals surface area contributed by atoms with Crippen LogP contribution in [0.4, 0.5) is 0 Å². The molecule has 0 N–H and O–H groups in total. The van der Waals surface area contributed by atoms with Crippen LogP contribution < -0.4 is 5.63 Å². The van der Waals surface area contributed by atoms with Gasteiger partial charge in [0.25, 0.3) is 0 Å². The summed E-state index contributed by atoms with van der Waals surface area (Å²) in [5.41, 5.74) is 2.52. The summed E-state index contributed by atoms with van der Waals surface area (Å²) >= 11 is 0. The Bertz CT molecular complexity index is 1150. The molecule has 126 valence electrons. The lowest BCUT2D eigenvalue weighted by molar-refractivity contribution is 0.558. The van der Waals surface area contributed by atoms with Crippen molar-refractivity contribution < 1.29 is 4.42 Å². The highest BCUT2D eigenvalue weighted by Crippen LogP contribution is 2.70. The molecule has 4 nitrogen and oxygen atoms in total. The normalized spacial score (nSPS) is 20.3. The lowest BCUT2D eigenvalue weighted by Crippen LogP contribution is -2.04. The van der Waals surface area contributed by atoms with E-state index in [1.54, 1.807) is 0 Å². The fraction of sp³-hybridized carbons (Fsp3) is 0.227. The Morgan fingerprint density at radius 2 is 1.69 bits per heavy atom. The fourth-order valence-corrected chi connectivity index (χ4v) is 4.19. The molecule has 3 aromatic rings. The molecule has 0 saturated heterocycles. The van der Waals surface area contributed by atoms with E-state index >= 15 is 0 Å². The molecule has 2 aromatic carbocycles. The zero-order valence-corrected chi connectivity index (χ0v) is 14.5. The van der Waals surface area contributed by atoms with E-state index < -0.39 is 11.0 Å². The van der Waals surface area contributed by atoms with Crippen molar-refractivity contribution in [2.75, 3.05) is 0 Å². The second kappa shape index (κ2) is 5.58. The van der Waals surface area contributed by atoms with Crippen molar-refractivity contribution >= 4 is 11.0 Å². The summed E-state index contributed by atoms with van der Waals surface area (Å²) in [6.45, 7) is 3.90. The Kier molecular flexibility index (Phi) is 3.46. The SMILES string of the molecule is Cc1cc(C)c2c(C3C(c4ccccc4)C3(C#N)C#N)cc(=O)oc2c1. The van der Waals surface area contributed by atoms with Gasteiger partial charge < -0.3 is 4.42 Å².